The number of aromatic amines is 1. The lowest BCUT2D eigenvalue weighted by molar-refractivity contribution is 0.589. The molecule has 3 heterocycles. The minimum absolute atomic E-state index is 0.256. The first-order valence-electron chi connectivity index (χ1n) is 10.8. The molecule has 0 amide bonds. The summed E-state index contributed by atoms with van der Waals surface area (Å²) in [6.45, 7) is 1.45. The van der Waals surface area contributed by atoms with E-state index in [-0.39, 0.29) is 5.82 Å². The Bertz CT molecular complexity index is 1450. The number of hydrogen-bond acceptors (Lipinski definition) is 4. The van der Waals surface area contributed by atoms with Gasteiger partial charge in [-0.05, 0) is 53.6 Å². The number of rotatable bonds is 7. The van der Waals surface area contributed by atoms with Crippen molar-refractivity contribution in [2.45, 2.75) is 26.1 Å². The van der Waals surface area contributed by atoms with E-state index in [0.29, 0.717) is 35.7 Å². The number of aromatic nitrogens is 3. The van der Waals surface area contributed by atoms with E-state index in [0.717, 1.165) is 39.7 Å². The van der Waals surface area contributed by atoms with Crippen LogP contribution in [0.25, 0.3) is 21.8 Å². The molecular weight excluding hydrogens is 437 g/mol. The highest BCUT2D eigenvalue weighted by Gasteiger charge is 2.09. The summed E-state index contributed by atoms with van der Waals surface area (Å²) in [4.78, 5) is 12.0. The van der Waals surface area contributed by atoms with Gasteiger partial charge in [0.15, 0.2) is 0 Å². The van der Waals surface area contributed by atoms with Gasteiger partial charge >= 0.3 is 0 Å². The molecule has 7 heteroatoms. The topological polar surface area (TPSA) is 79.6 Å². The van der Waals surface area contributed by atoms with Crippen molar-refractivity contribution in [2.75, 3.05) is 0 Å². The maximum atomic E-state index is 14.4. The summed E-state index contributed by atoms with van der Waals surface area (Å²) in [5.41, 5.74) is 12.0. The van der Waals surface area contributed by atoms with E-state index in [9.17, 15) is 4.39 Å². The van der Waals surface area contributed by atoms with Gasteiger partial charge < -0.3 is 16.0 Å². The molecule has 0 saturated heterocycles. The maximum Gasteiger partial charge on any atom is 0.129 e. The highest BCUT2D eigenvalue weighted by Crippen LogP contribution is 2.26. The molecular formula is C26H23ClFN5. The molecule has 2 aromatic carbocycles. The SMILES string of the molecule is NCc1ccc2cc(Cc3cc(CNCc4cc5c(Cl)c[nH]c5cc4F)ccn3)ccc2n1. The molecule has 0 unspecified atom stereocenters. The van der Waals surface area contributed by atoms with Gasteiger partial charge in [0.05, 0.1) is 16.2 Å². The molecule has 0 spiro atoms. The Kier molecular flexibility index (Phi) is 6.05. The number of hydrogen-bond donors (Lipinski definition) is 3. The van der Waals surface area contributed by atoms with Crippen molar-refractivity contribution >= 4 is 33.4 Å². The van der Waals surface area contributed by atoms with Crippen molar-refractivity contribution in [3.63, 3.8) is 0 Å². The van der Waals surface area contributed by atoms with Gasteiger partial charge in [0, 0.05) is 66.0 Å². The second kappa shape index (κ2) is 9.27. The standard InChI is InChI=1S/C26H23ClFN5/c27-23-15-32-26-11-24(28)19(10-22(23)26)14-30-13-17-5-6-31-21(9-17)8-16-1-4-25-18(7-16)2-3-20(12-29)33-25/h1-7,9-11,15,30,32H,8,12-14,29H2. The Morgan fingerprint density at radius 3 is 2.76 bits per heavy atom. The first-order valence-corrected chi connectivity index (χ1v) is 11.1. The zero-order chi connectivity index (χ0) is 22.8. The fourth-order valence-corrected chi connectivity index (χ4v) is 4.23. The van der Waals surface area contributed by atoms with Crippen LogP contribution in [0, 0.1) is 5.82 Å². The van der Waals surface area contributed by atoms with Gasteiger partial charge in [0.25, 0.3) is 0 Å². The monoisotopic (exact) mass is 459 g/mol. The molecule has 0 aliphatic carbocycles. The van der Waals surface area contributed by atoms with Crippen LogP contribution in [-0.4, -0.2) is 15.0 Å². The van der Waals surface area contributed by atoms with Gasteiger partial charge in [-0.3, -0.25) is 9.97 Å². The van der Waals surface area contributed by atoms with Crippen molar-refractivity contribution in [1.29, 1.82) is 0 Å². The predicted octanol–water partition coefficient (Wildman–Crippen LogP) is 5.24. The molecule has 3 aromatic heterocycles. The third-order valence-corrected chi connectivity index (χ3v) is 6.04. The van der Waals surface area contributed by atoms with Gasteiger partial charge in [0.1, 0.15) is 5.82 Å². The van der Waals surface area contributed by atoms with E-state index >= 15 is 0 Å². The molecule has 33 heavy (non-hydrogen) atoms. The van der Waals surface area contributed by atoms with Crippen LogP contribution >= 0.6 is 11.6 Å². The number of nitrogens with two attached hydrogens (primary N) is 1. The summed E-state index contributed by atoms with van der Waals surface area (Å²) in [5, 5.41) is 5.83. The van der Waals surface area contributed by atoms with Crippen molar-refractivity contribution in [1.82, 2.24) is 20.3 Å². The van der Waals surface area contributed by atoms with Crippen LogP contribution in [0.3, 0.4) is 0 Å². The van der Waals surface area contributed by atoms with E-state index in [1.54, 1.807) is 12.3 Å². The molecule has 4 N–H and O–H groups in total. The quantitative estimate of drug-likeness (QED) is 0.311. The van der Waals surface area contributed by atoms with E-state index in [1.165, 1.54) is 11.6 Å². The van der Waals surface area contributed by atoms with E-state index in [2.05, 4.69) is 44.5 Å². The number of H-pyrrole nitrogens is 1. The zero-order valence-electron chi connectivity index (χ0n) is 17.9. The lowest BCUT2D eigenvalue weighted by atomic mass is 10.0. The minimum atomic E-state index is -0.256. The molecule has 5 nitrogen and oxygen atoms in total. The van der Waals surface area contributed by atoms with E-state index in [1.807, 2.05) is 24.4 Å². The molecule has 5 rings (SSSR count). The van der Waals surface area contributed by atoms with Gasteiger partial charge in [-0.2, -0.15) is 0 Å². The number of fused-ring (bicyclic) bond motifs is 2. The van der Waals surface area contributed by atoms with Crippen molar-refractivity contribution in [2.24, 2.45) is 5.73 Å². The highest BCUT2D eigenvalue weighted by molar-refractivity contribution is 6.35. The number of halogens is 2. The molecule has 0 bridgehead atoms. The first kappa shape index (κ1) is 21.5. The Morgan fingerprint density at radius 1 is 0.970 bits per heavy atom. The summed E-state index contributed by atoms with van der Waals surface area (Å²) >= 11 is 6.17. The number of nitrogens with zero attached hydrogens (tertiary/aromatic N) is 2. The predicted molar refractivity (Wildman–Crippen MR) is 130 cm³/mol. The summed E-state index contributed by atoms with van der Waals surface area (Å²) in [6, 6.07) is 17.6. The summed E-state index contributed by atoms with van der Waals surface area (Å²) < 4.78 is 14.4. The maximum absolute atomic E-state index is 14.4. The van der Waals surface area contributed by atoms with E-state index in [4.69, 9.17) is 17.3 Å². The summed E-state index contributed by atoms with van der Waals surface area (Å²) in [5.74, 6) is -0.256. The number of nitrogens with one attached hydrogen (secondary N) is 2. The Balaban J connectivity index is 1.25. The highest BCUT2D eigenvalue weighted by atomic mass is 35.5. The molecule has 166 valence electrons. The van der Waals surface area contributed by atoms with Gasteiger partial charge in [0.2, 0.25) is 0 Å². The molecule has 0 saturated carbocycles. The molecule has 5 aromatic rings. The Hall–Kier alpha value is -3.32. The zero-order valence-corrected chi connectivity index (χ0v) is 18.7. The average Bonchev–Trinajstić information content (AvgIpc) is 3.18. The fraction of sp³-hybridized carbons (Fsp3) is 0.154. The molecule has 0 fully saturated rings. The second-order valence-corrected chi connectivity index (χ2v) is 8.50. The third kappa shape index (κ3) is 4.73. The van der Waals surface area contributed by atoms with Gasteiger partial charge in [-0.1, -0.05) is 23.7 Å². The van der Waals surface area contributed by atoms with Crippen LogP contribution < -0.4 is 11.1 Å². The normalized spacial score (nSPS) is 11.5. The van der Waals surface area contributed by atoms with Crippen LogP contribution in [0.1, 0.15) is 28.1 Å². The van der Waals surface area contributed by atoms with Crippen molar-refractivity contribution in [3.05, 3.63) is 106 Å². The van der Waals surface area contributed by atoms with Crippen LogP contribution in [-0.2, 0) is 26.1 Å². The summed E-state index contributed by atoms with van der Waals surface area (Å²) in [7, 11) is 0. The largest absolute Gasteiger partial charge is 0.360 e. The van der Waals surface area contributed by atoms with Crippen molar-refractivity contribution in [3.8, 4) is 0 Å². The Labute approximate surface area is 195 Å². The lowest BCUT2D eigenvalue weighted by Crippen LogP contribution is -2.14. The molecule has 0 aliphatic heterocycles. The third-order valence-electron chi connectivity index (χ3n) is 5.73. The lowest BCUT2D eigenvalue weighted by Gasteiger charge is -2.09. The summed E-state index contributed by atoms with van der Waals surface area (Å²) in [6.07, 6.45) is 4.21. The molecule has 0 atom stereocenters. The fourth-order valence-electron chi connectivity index (χ4n) is 4.02. The van der Waals surface area contributed by atoms with Crippen LogP contribution in [0.2, 0.25) is 5.02 Å². The molecule has 0 radical (unpaired) electrons. The number of benzene rings is 2. The van der Waals surface area contributed by atoms with Crippen molar-refractivity contribution < 1.29 is 4.39 Å². The average molecular weight is 460 g/mol. The minimum Gasteiger partial charge on any atom is -0.360 e. The first-order chi connectivity index (χ1) is 16.1. The number of pyridine rings is 2. The second-order valence-electron chi connectivity index (χ2n) is 8.10. The van der Waals surface area contributed by atoms with E-state index < -0.39 is 0 Å². The van der Waals surface area contributed by atoms with Crippen LogP contribution in [0.5, 0.6) is 0 Å². The van der Waals surface area contributed by atoms with Gasteiger partial charge in [-0.15, -0.1) is 0 Å². The smallest absolute Gasteiger partial charge is 0.129 e. The van der Waals surface area contributed by atoms with Crippen LogP contribution in [0.15, 0.2) is 67.0 Å². The van der Waals surface area contributed by atoms with Crippen LogP contribution in [0.4, 0.5) is 4.39 Å². The molecule has 0 aliphatic rings. The van der Waals surface area contributed by atoms with Gasteiger partial charge in [-0.25, -0.2) is 4.39 Å². The Morgan fingerprint density at radius 2 is 1.88 bits per heavy atom.